The van der Waals surface area contributed by atoms with Crippen LogP contribution in [0.15, 0.2) is 48.9 Å². The number of pyridine rings is 1. The second-order valence-electron chi connectivity index (χ2n) is 7.50. The number of fused-ring (bicyclic) bond motifs is 1. The molecule has 0 radical (unpaired) electrons. The Morgan fingerprint density at radius 3 is 2.47 bits per heavy atom. The van der Waals surface area contributed by atoms with Crippen LogP contribution in [0.5, 0.6) is 0 Å². The van der Waals surface area contributed by atoms with Crippen LogP contribution in [0, 0.1) is 6.92 Å². The van der Waals surface area contributed by atoms with Gasteiger partial charge in [-0.1, -0.05) is 18.2 Å². The summed E-state index contributed by atoms with van der Waals surface area (Å²) in [6, 6.07) is 9.03. The number of alkyl halides is 3. The molecule has 0 amide bonds. The number of hydrogen-bond donors (Lipinski definition) is 1. The van der Waals surface area contributed by atoms with Crippen molar-refractivity contribution < 1.29 is 13.2 Å². The third-order valence-corrected chi connectivity index (χ3v) is 5.31. The highest BCUT2D eigenvalue weighted by molar-refractivity contribution is 5.53. The Morgan fingerprint density at radius 1 is 1.03 bits per heavy atom. The van der Waals surface area contributed by atoms with Gasteiger partial charge in [0.2, 0.25) is 0 Å². The first-order valence-corrected chi connectivity index (χ1v) is 9.75. The maximum absolute atomic E-state index is 12.8. The molecule has 1 N–H and O–H groups in total. The normalized spacial score (nSPS) is 14.9. The lowest BCUT2D eigenvalue weighted by Crippen LogP contribution is -2.32. The highest BCUT2D eigenvalue weighted by Gasteiger charge is 2.30. The number of nitrogens with zero attached hydrogens (tertiary/aromatic N) is 4. The fraction of sp³-hybridized carbons (Fsp3) is 0.318. The number of rotatable bonds is 4. The van der Waals surface area contributed by atoms with Crippen molar-refractivity contribution in [3.8, 4) is 0 Å². The van der Waals surface area contributed by atoms with Gasteiger partial charge in [0.05, 0.1) is 11.3 Å². The van der Waals surface area contributed by atoms with Crippen molar-refractivity contribution in [3.63, 3.8) is 0 Å². The molecule has 3 heterocycles. The lowest BCUT2D eigenvalue weighted by Gasteiger charge is -2.30. The molecule has 1 aliphatic heterocycles. The Balaban J connectivity index is 1.54. The maximum atomic E-state index is 12.8. The number of anilines is 2. The van der Waals surface area contributed by atoms with Crippen LogP contribution in [0.1, 0.15) is 40.9 Å². The number of nitrogens with one attached hydrogen (secondary N) is 1. The SMILES string of the molecule is Cc1ccc(N2CCc3ncnc(NC(C)c4ccc(C(F)(F)F)cc4)c3C2)nc1. The van der Waals surface area contributed by atoms with Crippen LogP contribution in [0.3, 0.4) is 0 Å². The number of aryl methyl sites for hydroxylation is 1. The number of halogens is 3. The van der Waals surface area contributed by atoms with E-state index in [1.807, 2.05) is 32.2 Å². The van der Waals surface area contributed by atoms with Gasteiger partial charge in [-0.2, -0.15) is 13.2 Å². The molecule has 1 unspecified atom stereocenters. The Morgan fingerprint density at radius 2 is 1.80 bits per heavy atom. The van der Waals surface area contributed by atoms with Crippen LogP contribution in [-0.4, -0.2) is 21.5 Å². The summed E-state index contributed by atoms with van der Waals surface area (Å²) in [5, 5.41) is 3.35. The Kier molecular flexibility index (Phi) is 5.32. The van der Waals surface area contributed by atoms with Crippen LogP contribution < -0.4 is 10.2 Å². The minimum Gasteiger partial charge on any atom is -0.363 e. The lowest BCUT2D eigenvalue weighted by atomic mass is 10.0. The van der Waals surface area contributed by atoms with Gasteiger partial charge in [-0.25, -0.2) is 15.0 Å². The van der Waals surface area contributed by atoms with E-state index >= 15 is 0 Å². The van der Waals surface area contributed by atoms with Crippen molar-refractivity contribution in [2.75, 3.05) is 16.8 Å². The molecule has 3 aromatic rings. The van der Waals surface area contributed by atoms with E-state index in [0.717, 1.165) is 53.3 Å². The summed E-state index contributed by atoms with van der Waals surface area (Å²) in [5.41, 5.74) is 3.18. The van der Waals surface area contributed by atoms with E-state index in [-0.39, 0.29) is 6.04 Å². The molecule has 4 rings (SSSR count). The molecule has 0 bridgehead atoms. The summed E-state index contributed by atoms with van der Waals surface area (Å²) in [4.78, 5) is 15.5. The summed E-state index contributed by atoms with van der Waals surface area (Å²) in [7, 11) is 0. The Labute approximate surface area is 173 Å². The molecule has 1 aromatic carbocycles. The third kappa shape index (κ3) is 4.22. The number of hydrogen-bond acceptors (Lipinski definition) is 5. The van der Waals surface area contributed by atoms with E-state index < -0.39 is 11.7 Å². The average molecular weight is 413 g/mol. The van der Waals surface area contributed by atoms with Gasteiger partial charge in [0, 0.05) is 37.3 Å². The smallest absolute Gasteiger partial charge is 0.363 e. The third-order valence-electron chi connectivity index (χ3n) is 5.31. The minimum atomic E-state index is -4.34. The lowest BCUT2D eigenvalue weighted by molar-refractivity contribution is -0.137. The Bertz CT molecular complexity index is 1020. The highest BCUT2D eigenvalue weighted by Crippen LogP contribution is 2.31. The summed E-state index contributed by atoms with van der Waals surface area (Å²) < 4.78 is 38.4. The van der Waals surface area contributed by atoms with Crippen LogP contribution in [0.2, 0.25) is 0 Å². The summed E-state index contributed by atoms with van der Waals surface area (Å²) in [6.45, 7) is 5.34. The molecular formula is C22H22F3N5. The fourth-order valence-electron chi connectivity index (χ4n) is 3.56. The molecule has 1 atom stereocenters. The molecule has 0 saturated carbocycles. The van der Waals surface area contributed by atoms with E-state index in [0.29, 0.717) is 12.4 Å². The molecule has 0 aliphatic carbocycles. The van der Waals surface area contributed by atoms with Crippen molar-refractivity contribution in [1.82, 2.24) is 15.0 Å². The summed E-state index contributed by atoms with van der Waals surface area (Å²) >= 11 is 0. The van der Waals surface area contributed by atoms with Crippen LogP contribution in [0.4, 0.5) is 24.8 Å². The van der Waals surface area contributed by atoms with E-state index in [1.54, 1.807) is 0 Å². The standard InChI is InChI=1S/C22H22F3N5/c1-14-3-8-20(26-11-14)30-10-9-19-18(12-30)21(28-13-27-19)29-15(2)16-4-6-17(7-5-16)22(23,24)25/h3-8,11,13,15H,9-10,12H2,1-2H3,(H,27,28,29). The van der Waals surface area contributed by atoms with Crippen LogP contribution in [-0.2, 0) is 19.1 Å². The first-order valence-electron chi connectivity index (χ1n) is 9.75. The molecular weight excluding hydrogens is 391 g/mol. The van der Waals surface area contributed by atoms with Crippen molar-refractivity contribution in [1.29, 1.82) is 0 Å². The monoisotopic (exact) mass is 413 g/mol. The molecule has 30 heavy (non-hydrogen) atoms. The van der Waals surface area contributed by atoms with Crippen LogP contribution >= 0.6 is 0 Å². The highest BCUT2D eigenvalue weighted by atomic mass is 19.4. The van der Waals surface area contributed by atoms with E-state index in [1.165, 1.54) is 18.5 Å². The van der Waals surface area contributed by atoms with Crippen LogP contribution in [0.25, 0.3) is 0 Å². The van der Waals surface area contributed by atoms with Crippen molar-refractivity contribution in [3.05, 3.63) is 76.9 Å². The molecule has 5 nitrogen and oxygen atoms in total. The van der Waals surface area contributed by atoms with Gasteiger partial charge in [-0.3, -0.25) is 0 Å². The topological polar surface area (TPSA) is 53.9 Å². The van der Waals surface area contributed by atoms with Crippen molar-refractivity contribution in [2.24, 2.45) is 0 Å². The predicted molar refractivity (Wildman–Crippen MR) is 109 cm³/mol. The second kappa shape index (κ2) is 7.93. The molecule has 1 aliphatic rings. The van der Waals surface area contributed by atoms with Crippen molar-refractivity contribution >= 4 is 11.6 Å². The largest absolute Gasteiger partial charge is 0.416 e. The quantitative estimate of drug-likeness (QED) is 0.657. The van der Waals surface area contributed by atoms with E-state index in [9.17, 15) is 13.2 Å². The minimum absolute atomic E-state index is 0.209. The van der Waals surface area contributed by atoms with Gasteiger partial charge < -0.3 is 10.2 Å². The molecule has 0 saturated heterocycles. The van der Waals surface area contributed by atoms with Gasteiger partial charge >= 0.3 is 6.18 Å². The molecule has 156 valence electrons. The van der Waals surface area contributed by atoms with Gasteiger partial charge in [0.1, 0.15) is 18.0 Å². The Hall–Kier alpha value is -3.16. The first kappa shape index (κ1) is 20.1. The van der Waals surface area contributed by atoms with Gasteiger partial charge in [0.15, 0.2) is 0 Å². The summed E-state index contributed by atoms with van der Waals surface area (Å²) in [5.74, 6) is 1.60. The number of aromatic nitrogens is 3. The van der Waals surface area contributed by atoms with Gasteiger partial charge in [-0.05, 0) is 43.2 Å². The molecule has 0 fully saturated rings. The first-order chi connectivity index (χ1) is 14.3. The average Bonchev–Trinajstić information content (AvgIpc) is 2.74. The predicted octanol–water partition coefficient (Wildman–Crippen LogP) is 4.93. The zero-order valence-electron chi connectivity index (χ0n) is 16.7. The van der Waals surface area contributed by atoms with Gasteiger partial charge in [-0.15, -0.1) is 0 Å². The van der Waals surface area contributed by atoms with Gasteiger partial charge in [0.25, 0.3) is 0 Å². The number of benzene rings is 1. The molecule has 0 spiro atoms. The maximum Gasteiger partial charge on any atom is 0.416 e. The van der Waals surface area contributed by atoms with Crippen molar-refractivity contribution in [2.45, 2.75) is 39.0 Å². The molecule has 2 aromatic heterocycles. The van der Waals surface area contributed by atoms with E-state index in [2.05, 4.69) is 25.2 Å². The summed E-state index contributed by atoms with van der Waals surface area (Å²) in [6.07, 6.45) is -0.191. The zero-order valence-corrected chi connectivity index (χ0v) is 16.7. The second-order valence-corrected chi connectivity index (χ2v) is 7.50. The fourth-order valence-corrected chi connectivity index (χ4v) is 3.56. The molecule has 8 heteroatoms. The zero-order chi connectivity index (χ0) is 21.3. The van der Waals surface area contributed by atoms with E-state index in [4.69, 9.17) is 0 Å².